The first kappa shape index (κ1) is 16.0. The van der Waals surface area contributed by atoms with Crippen LogP contribution in [0.2, 0.25) is 0 Å². The highest BCUT2D eigenvalue weighted by atomic mass is 32.1. The van der Waals surface area contributed by atoms with Gasteiger partial charge in [-0.25, -0.2) is 18.0 Å². The summed E-state index contributed by atoms with van der Waals surface area (Å²) in [7, 11) is 0. The van der Waals surface area contributed by atoms with Crippen LogP contribution in [0.25, 0.3) is 0 Å². The van der Waals surface area contributed by atoms with Crippen LogP contribution < -0.4 is 10.6 Å². The van der Waals surface area contributed by atoms with Gasteiger partial charge in [0, 0.05) is 24.4 Å². The molecule has 0 aliphatic heterocycles. The Balaban J connectivity index is 2.00. The Morgan fingerprint density at radius 1 is 1.36 bits per heavy atom. The number of nitrogens with zero attached hydrogens (tertiary/aromatic N) is 2. The summed E-state index contributed by atoms with van der Waals surface area (Å²) in [5.74, 6) is -3.87. The van der Waals surface area contributed by atoms with Crippen molar-refractivity contribution >= 4 is 23.9 Å². The smallest absolute Gasteiger partial charge is 0.319 e. The molecule has 6 nitrogen and oxygen atoms in total. The van der Waals surface area contributed by atoms with Crippen molar-refractivity contribution in [1.29, 1.82) is 0 Å². The molecule has 1 heterocycles. The monoisotopic (exact) mass is 331 g/mol. The van der Waals surface area contributed by atoms with Crippen LogP contribution in [0.3, 0.4) is 0 Å². The molecule has 22 heavy (non-hydrogen) atoms. The van der Waals surface area contributed by atoms with Gasteiger partial charge in [0.25, 0.3) is 0 Å². The summed E-state index contributed by atoms with van der Waals surface area (Å²) in [5.41, 5.74) is -0.205. The second-order valence-electron chi connectivity index (χ2n) is 4.25. The molecule has 2 aromatic rings. The van der Waals surface area contributed by atoms with E-state index in [4.69, 9.17) is 12.2 Å². The van der Waals surface area contributed by atoms with Crippen LogP contribution in [0.1, 0.15) is 12.7 Å². The molecule has 0 saturated carbocycles. The molecule has 1 aromatic heterocycles. The van der Waals surface area contributed by atoms with Gasteiger partial charge >= 0.3 is 6.03 Å². The van der Waals surface area contributed by atoms with E-state index in [1.54, 1.807) is 4.57 Å². The minimum Gasteiger partial charge on any atom is -0.331 e. The number of hydrogen-bond acceptors (Lipinski definition) is 3. The number of nitrogens with one attached hydrogen (secondary N) is 3. The Labute approximate surface area is 128 Å². The highest BCUT2D eigenvalue weighted by Crippen LogP contribution is 2.17. The highest BCUT2D eigenvalue weighted by Gasteiger charge is 2.12. The minimum atomic E-state index is -1.59. The Kier molecular flexibility index (Phi) is 4.81. The third kappa shape index (κ3) is 3.45. The molecular formula is C12H12F3N5OS. The third-order valence-corrected chi connectivity index (χ3v) is 3.11. The molecule has 118 valence electrons. The topological polar surface area (TPSA) is 74.7 Å². The first-order valence-corrected chi connectivity index (χ1v) is 6.66. The van der Waals surface area contributed by atoms with Gasteiger partial charge in [-0.3, -0.25) is 5.10 Å². The summed E-state index contributed by atoms with van der Waals surface area (Å²) < 4.78 is 40.9. The molecular weight excluding hydrogens is 319 g/mol. The highest BCUT2D eigenvalue weighted by molar-refractivity contribution is 7.71. The summed E-state index contributed by atoms with van der Waals surface area (Å²) in [6, 6.07) is 0.641. The van der Waals surface area contributed by atoms with Crippen molar-refractivity contribution in [2.24, 2.45) is 0 Å². The van der Waals surface area contributed by atoms with E-state index in [1.165, 1.54) is 0 Å². The van der Waals surface area contributed by atoms with Crippen LogP contribution in [0.15, 0.2) is 12.1 Å². The number of halogens is 3. The predicted molar refractivity (Wildman–Crippen MR) is 75.3 cm³/mol. The van der Waals surface area contributed by atoms with Gasteiger partial charge in [0.15, 0.2) is 28.0 Å². The standard InChI is InChI=1S/C12H12F3N5OS/c1-2-20-9(18-19-12(20)22)5-16-11(21)17-6-3-7(13)10(15)8(14)4-6/h3-4H,2,5H2,1H3,(H,19,22)(H2,16,17,21). The maximum Gasteiger partial charge on any atom is 0.319 e. The molecule has 0 radical (unpaired) electrons. The van der Waals surface area contributed by atoms with Gasteiger partial charge in [0.2, 0.25) is 0 Å². The zero-order valence-corrected chi connectivity index (χ0v) is 12.2. The average Bonchev–Trinajstić information content (AvgIpc) is 2.82. The Bertz CT molecular complexity index is 734. The Morgan fingerprint density at radius 3 is 2.59 bits per heavy atom. The fourth-order valence-electron chi connectivity index (χ4n) is 1.77. The van der Waals surface area contributed by atoms with Crippen molar-refractivity contribution < 1.29 is 18.0 Å². The van der Waals surface area contributed by atoms with Gasteiger partial charge in [0.05, 0.1) is 6.54 Å². The van der Waals surface area contributed by atoms with Gasteiger partial charge in [-0.15, -0.1) is 0 Å². The number of H-pyrrole nitrogens is 1. The lowest BCUT2D eigenvalue weighted by Crippen LogP contribution is -2.29. The fourth-order valence-corrected chi connectivity index (χ4v) is 2.05. The second kappa shape index (κ2) is 6.60. The average molecular weight is 331 g/mol. The van der Waals surface area contributed by atoms with Crippen LogP contribution in [0, 0.1) is 22.2 Å². The first-order valence-electron chi connectivity index (χ1n) is 6.25. The predicted octanol–water partition coefficient (Wildman–Crippen LogP) is 2.70. The van der Waals surface area contributed by atoms with E-state index in [9.17, 15) is 18.0 Å². The van der Waals surface area contributed by atoms with E-state index >= 15 is 0 Å². The molecule has 0 spiro atoms. The molecule has 1 aromatic carbocycles. The normalized spacial score (nSPS) is 10.5. The molecule has 10 heteroatoms. The zero-order chi connectivity index (χ0) is 16.3. The molecule has 0 atom stereocenters. The number of aromatic nitrogens is 3. The van der Waals surface area contributed by atoms with Crippen molar-refractivity contribution in [3.05, 3.63) is 40.2 Å². The maximum absolute atomic E-state index is 13.0. The van der Waals surface area contributed by atoms with E-state index < -0.39 is 23.5 Å². The number of aromatic amines is 1. The lowest BCUT2D eigenvalue weighted by Gasteiger charge is -2.08. The Morgan fingerprint density at radius 2 is 2.00 bits per heavy atom. The molecule has 0 unspecified atom stereocenters. The van der Waals surface area contributed by atoms with Gasteiger partial charge < -0.3 is 15.2 Å². The summed E-state index contributed by atoms with van der Waals surface area (Å²) in [5, 5.41) is 11.2. The molecule has 2 rings (SSSR count). The quantitative estimate of drug-likeness (QED) is 0.596. The minimum absolute atomic E-state index is 0.0545. The van der Waals surface area contributed by atoms with E-state index in [2.05, 4.69) is 20.8 Å². The van der Waals surface area contributed by atoms with Crippen molar-refractivity contribution in [2.45, 2.75) is 20.0 Å². The van der Waals surface area contributed by atoms with Gasteiger partial charge in [-0.05, 0) is 19.1 Å². The van der Waals surface area contributed by atoms with Crippen molar-refractivity contribution in [1.82, 2.24) is 20.1 Å². The van der Waals surface area contributed by atoms with Crippen molar-refractivity contribution in [2.75, 3.05) is 5.32 Å². The van der Waals surface area contributed by atoms with E-state index in [1.807, 2.05) is 6.92 Å². The lowest BCUT2D eigenvalue weighted by molar-refractivity contribution is 0.251. The number of carbonyl (C=O) groups excluding carboxylic acids is 1. The summed E-state index contributed by atoms with van der Waals surface area (Å²) in [4.78, 5) is 11.7. The number of hydrogen-bond donors (Lipinski definition) is 3. The maximum atomic E-state index is 13.0. The molecule has 0 bridgehead atoms. The van der Waals surface area contributed by atoms with E-state index in [-0.39, 0.29) is 12.2 Å². The summed E-state index contributed by atoms with van der Waals surface area (Å²) in [6.45, 7) is 2.49. The van der Waals surface area contributed by atoms with Crippen molar-refractivity contribution in [3.8, 4) is 0 Å². The molecule has 2 amide bonds. The lowest BCUT2D eigenvalue weighted by atomic mass is 10.3. The number of carbonyl (C=O) groups is 1. The van der Waals surface area contributed by atoms with Crippen LogP contribution in [0.5, 0.6) is 0 Å². The van der Waals surface area contributed by atoms with E-state index in [0.717, 1.165) is 0 Å². The molecule has 0 aliphatic rings. The van der Waals surface area contributed by atoms with Crippen LogP contribution in [0.4, 0.5) is 23.7 Å². The summed E-state index contributed by atoms with van der Waals surface area (Å²) >= 11 is 5.00. The van der Waals surface area contributed by atoms with Crippen LogP contribution in [-0.2, 0) is 13.1 Å². The van der Waals surface area contributed by atoms with E-state index in [0.29, 0.717) is 29.3 Å². The zero-order valence-electron chi connectivity index (χ0n) is 11.4. The molecule has 0 aliphatic carbocycles. The summed E-state index contributed by atoms with van der Waals surface area (Å²) in [6.07, 6.45) is 0. The number of rotatable bonds is 4. The number of amides is 2. The van der Waals surface area contributed by atoms with Gasteiger partial charge in [-0.2, -0.15) is 5.10 Å². The fraction of sp³-hybridized carbons (Fsp3) is 0.250. The third-order valence-electron chi connectivity index (χ3n) is 2.80. The van der Waals surface area contributed by atoms with Gasteiger partial charge in [-0.1, -0.05) is 0 Å². The molecule has 3 N–H and O–H groups in total. The number of anilines is 1. The van der Waals surface area contributed by atoms with Crippen molar-refractivity contribution in [3.63, 3.8) is 0 Å². The number of benzene rings is 1. The molecule has 0 saturated heterocycles. The van der Waals surface area contributed by atoms with Crippen LogP contribution in [-0.4, -0.2) is 20.8 Å². The van der Waals surface area contributed by atoms with Gasteiger partial charge in [0.1, 0.15) is 0 Å². The second-order valence-corrected chi connectivity index (χ2v) is 4.64. The number of urea groups is 1. The Hall–Kier alpha value is -2.36. The molecule has 0 fully saturated rings. The SMILES string of the molecule is CCn1c(CNC(=O)Nc2cc(F)c(F)c(F)c2)n[nH]c1=S. The largest absolute Gasteiger partial charge is 0.331 e. The van der Waals surface area contributed by atoms with Crippen LogP contribution >= 0.6 is 12.2 Å². The first-order chi connectivity index (χ1) is 10.4.